The van der Waals surface area contributed by atoms with Crippen LogP contribution in [-0.4, -0.2) is 274 Å². The summed E-state index contributed by atoms with van der Waals surface area (Å²) in [5, 5.41) is 10.5. The maximum absolute atomic E-state index is 3.59. The number of likely N-dealkylation sites (tertiary alicyclic amines) is 9. The van der Waals surface area contributed by atoms with Crippen LogP contribution >= 0.6 is 0 Å². The lowest BCUT2D eigenvalue weighted by Gasteiger charge is -2.45. The molecule has 4 atom stereocenters. The smallest absolute Gasteiger partial charge is 0.0244 e. The minimum absolute atomic E-state index is 0.303. The molecule has 14 fully saturated rings. The summed E-state index contributed by atoms with van der Waals surface area (Å²) in [4.78, 5) is 26.1. The first-order valence-electron chi connectivity index (χ1n) is 53.9. The maximum Gasteiger partial charge on any atom is 0.0244 e. The Kier molecular flexibility index (Phi) is 47.3. The van der Waals surface area contributed by atoms with E-state index < -0.39 is 0 Å². The van der Waals surface area contributed by atoms with E-state index in [-0.39, 0.29) is 0 Å². The molecule has 4 unspecified atom stereocenters. The highest BCUT2D eigenvalue weighted by molar-refractivity contribution is 5.04. The van der Waals surface area contributed by atoms with Crippen LogP contribution in [0.3, 0.4) is 0 Å². The van der Waals surface area contributed by atoms with Crippen molar-refractivity contribution in [3.8, 4) is 0 Å². The van der Waals surface area contributed by atoms with Crippen LogP contribution in [0.15, 0.2) is 0 Å². The molecule has 14 rings (SSSR count). The van der Waals surface area contributed by atoms with Gasteiger partial charge in [-0.2, -0.15) is 0 Å². The Morgan fingerprint density at radius 1 is 0.363 bits per heavy atom. The summed E-state index contributed by atoms with van der Waals surface area (Å²) >= 11 is 0. The third-order valence-corrected chi connectivity index (χ3v) is 33.1. The molecule has 736 valence electrons. The first-order chi connectivity index (χ1) is 57.3. The lowest BCUT2D eigenvalue weighted by Crippen LogP contribution is -2.52. The van der Waals surface area contributed by atoms with E-state index in [0.29, 0.717) is 55.4 Å². The Bertz CT molecular complexity index is 2700. The first-order valence-corrected chi connectivity index (χ1v) is 53.9. The van der Waals surface area contributed by atoms with Crippen LogP contribution in [0.4, 0.5) is 0 Å². The third kappa shape index (κ3) is 41.8. The van der Waals surface area contributed by atoms with Gasteiger partial charge in [0.05, 0.1) is 0 Å². The van der Waals surface area contributed by atoms with E-state index >= 15 is 0 Å². The number of nitrogens with one attached hydrogen (secondary N) is 3. The Balaban J connectivity index is 0.000000245. The van der Waals surface area contributed by atoms with Gasteiger partial charge in [0.2, 0.25) is 0 Å². The highest BCUT2D eigenvalue weighted by atomic mass is 15.4. The minimum atomic E-state index is 0.303. The minimum Gasteiger partial charge on any atom is -0.317 e. The van der Waals surface area contributed by atoms with Crippen LogP contribution in [0.1, 0.15) is 453 Å². The molecule has 13 heteroatoms. The van der Waals surface area contributed by atoms with Crippen molar-refractivity contribution in [3.63, 3.8) is 0 Å². The number of hydrogen-bond donors (Lipinski definition) is 3. The summed E-state index contributed by atoms with van der Waals surface area (Å²) in [6.07, 6.45) is 50.4. The second-order valence-corrected chi connectivity index (χ2v) is 53.5. The lowest BCUT2D eigenvalue weighted by molar-refractivity contribution is 0.0455. The number of piperidine rings is 5. The Morgan fingerprint density at radius 2 is 0.742 bits per heavy atom. The Labute approximate surface area is 778 Å². The number of piperazine rings is 2. The van der Waals surface area contributed by atoms with Crippen molar-refractivity contribution < 1.29 is 0 Å². The second-order valence-electron chi connectivity index (χ2n) is 53.5. The van der Waals surface area contributed by atoms with E-state index in [1.165, 1.54) is 343 Å². The molecule has 10 aliphatic heterocycles. The highest BCUT2D eigenvalue weighted by Crippen LogP contribution is 2.48. The molecule has 0 aromatic carbocycles. The van der Waals surface area contributed by atoms with Gasteiger partial charge >= 0.3 is 0 Å². The molecule has 0 amide bonds. The van der Waals surface area contributed by atoms with Crippen LogP contribution in [0.5, 0.6) is 0 Å². The second kappa shape index (κ2) is 51.4. The Morgan fingerprint density at radius 3 is 1.09 bits per heavy atom. The number of rotatable bonds is 8. The first kappa shape index (κ1) is 114. The van der Waals surface area contributed by atoms with Crippen LogP contribution in [0.2, 0.25) is 0 Å². The SMILES string of the molecule is CC(C)(C)N1CC2CC1CN2.CC(C)(C)N1CCC2(CCCC2)CC1.CC(C)(C)N1CCC2(CCCCC2)C1.CC(C)(C)NCC1CCCCC1.CC1CCN(C(C)(C)C)CC1.CCC1CCN(C(C)(C)C)CC1.CCCC1CCN(C(C)(C)C)CC1.CN(CC1CCCCC1)C(C)(C)C.CN1CC2CC1CN2C(C)(C)C.CNC1CCN(C(C)(C)C)CC1. The molecule has 14 aliphatic rings. The molecule has 124 heavy (non-hydrogen) atoms. The summed E-state index contributed by atoms with van der Waals surface area (Å²) in [5.41, 5.74) is 5.21. The molecule has 4 aliphatic carbocycles. The lowest BCUT2D eigenvalue weighted by atomic mass is 9.73. The predicted molar refractivity (Wildman–Crippen MR) is 551 cm³/mol. The fourth-order valence-corrected chi connectivity index (χ4v) is 23.3. The fraction of sp³-hybridized carbons (Fsp3) is 1.00. The fourth-order valence-electron chi connectivity index (χ4n) is 23.3. The summed E-state index contributed by atoms with van der Waals surface area (Å²) < 4.78 is 0. The number of likely N-dealkylation sites (N-methyl/N-ethyl adjacent to an activating group) is 1. The largest absolute Gasteiger partial charge is 0.317 e. The quantitative estimate of drug-likeness (QED) is 0.216. The van der Waals surface area contributed by atoms with Crippen LogP contribution in [0.25, 0.3) is 0 Å². The standard InChI is InChI=1S/2C13H25N.2C12H25N.2C11H23N.C10H20N2.C10H22N2.C10H21N.C9H18N2/c1-12(2,3)14-10-8-13(9-11-14)6-4-5-7-13;1-12(2,3)14-10-9-13(11-14)7-5-4-6-8-13;1-12(2,3)13(4)10-11-8-6-5-7-9-11;1-5-6-11-7-9-13(10-8-11)12(2,3)4;1-11(2,3)12-9-10-7-5-4-6-8-10;1-5-10-6-8-12(9-7-10)11(2,3)4;1-10(2,3)12-7-8-5-9(12)6-11(8)4;1-10(2,3)12-7-5-9(11-4)6-8-12;1-9-5-7-11(8-6-9)10(2,3)4;1-9(2,3)11-6-7-4-8(11)5-10-7/h2*4-11H2,1-3H3;2*11H,5-10H2,1-4H3;10,12H,4-9H2,1-3H3;10H,5-9H2,1-4H3;8-9H,5-7H2,1-4H3;9,11H,5-8H2,1-4H3;9H,5-8H2,1-4H3;7-8,10H,4-6H2,1-3H3. The van der Waals surface area contributed by atoms with Gasteiger partial charge in [-0.05, 0) is 470 Å². The van der Waals surface area contributed by atoms with Crippen molar-refractivity contribution in [2.75, 3.05) is 139 Å². The van der Waals surface area contributed by atoms with E-state index in [4.69, 9.17) is 0 Å². The number of hydrogen-bond acceptors (Lipinski definition) is 13. The average molecular weight is 1740 g/mol. The van der Waals surface area contributed by atoms with E-state index in [0.717, 1.165) is 70.6 Å². The molecular weight excluding hydrogens is 1520 g/mol. The zero-order valence-electron chi connectivity index (χ0n) is 91.2. The zero-order chi connectivity index (χ0) is 93.1. The van der Waals surface area contributed by atoms with Gasteiger partial charge in [-0.25, -0.2) is 0 Å². The van der Waals surface area contributed by atoms with Gasteiger partial charge in [-0.3, -0.25) is 39.2 Å². The molecule has 13 nitrogen and oxygen atoms in total. The highest BCUT2D eigenvalue weighted by Gasteiger charge is 2.47. The van der Waals surface area contributed by atoms with Crippen molar-refractivity contribution in [2.24, 2.45) is 40.4 Å². The van der Waals surface area contributed by atoms with Crippen LogP contribution in [-0.2, 0) is 0 Å². The third-order valence-electron chi connectivity index (χ3n) is 33.1. The molecule has 3 N–H and O–H groups in total. The van der Waals surface area contributed by atoms with E-state index in [1.54, 1.807) is 0 Å². The Hall–Kier alpha value is -0.520. The molecule has 0 aromatic rings. The topological polar surface area (TPSA) is 68.5 Å². The maximum atomic E-state index is 3.59. The normalized spacial score (nSPS) is 26.7. The van der Waals surface area contributed by atoms with Gasteiger partial charge in [0.15, 0.2) is 0 Å². The van der Waals surface area contributed by atoms with Crippen molar-refractivity contribution in [1.82, 2.24) is 64.9 Å². The summed E-state index contributed by atoms with van der Waals surface area (Å²) in [5.74, 6) is 4.90. The van der Waals surface area contributed by atoms with Gasteiger partial charge in [-0.1, -0.05) is 111 Å². The van der Waals surface area contributed by atoms with Crippen molar-refractivity contribution in [1.29, 1.82) is 0 Å². The van der Waals surface area contributed by atoms with E-state index in [9.17, 15) is 0 Å². The van der Waals surface area contributed by atoms with Gasteiger partial charge in [0.25, 0.3) is 0 Å². The van der Waals surface area contributed by atoms with Gasteiger partial charge in [0.1, 0.15) is 0 Å². The molecule has 10 heterocycles. The number of nitrogens with zero attached hydrogens (tertiary/aromatic N) is 10. The van der Waals surface area contributed by atoms with E-state index in [1.807, 2.05) is 0 Å². The molecule has 0 radical (unpaired) electrons. The zero-order valence-corrected chi connectivity index (χ0v) is 91.2. The average Bonchev–Trinajstić information content (AvgIpc) is 1.63. The van der Waals surface area contributed by atoms with Crippen molar-refractivity contribution >= 4 is 0 Å². The van der Waals surface area contributed by atoms with Crippen LogP contribution in [0, 0.1) is 40.4 Å². The molecule has 2 spiro atoms. The monoisotopic (exact) mass is 1740 g/mol. The summed E-state index contributed by atoms with van der Waals surface area (Å²) in [6, 6.07) is 4.04. The molecular formula is C111H227N13. The van der Waals surface area contributed by atoms with E-state index in [2.05, 4.69) is 315 Å². The molecule has 0 aromatic heterocycles. The van der Waals surface area contributed by atoms with Gasteiger partial charge in [-0.15, -0.1) is 0 Å². The molecule has 10 saturated heterocycles. The van der Waals surface area contributed by atoms with Gasteiger partial charge < -0.3 is 25.8 Å². The van der Waals surface area contributed by atoms with Gasteiger partial charge in [0, 0.05) is 138 Å². The van der Waals surface area contributed by atoms with Crippen LogP contribution < -0.4 is 16.0 Å². The predicted octanol–water partition coefficient (Wildman–Crippen LogP) is 25.3. The molecule has 4 bridgehead atoms. The summed E-state index contributed by atoms with van der Waals surface area (Å²) in [7, 11) is 6.58. The summed E-state index contributed by atoms with van der Waals surface area (Å²) in [6.45, 7) is 99.7. The number of fused-ring (bicyclic) bond motifs is 4. The van der Waals surface area contributed by atoms with Crippen molar-refractivity contribution in [3.05, 3.63) is 0 Å². The molecule has 4 saturated carbocycles. The van der Waals surface area contributed by atoms with Crippen molar-refractivity contribution in [2.45, 2.75) is 539 Å².